The quantitative estimate of drug-likeness (QED) is 0.863. The molecule has 2 atom stereocenters. The molecule has 2 heterocycles. The Morgan fingerprint density at radius 3 is 2.64 bits per heavy atom. The number of phenolic OH excluding ortho intramolecular Hbond substituents is 1. The molecule has 0 spiro atoms. The lowest BCUT2D eigenvalue weighted by molar-refractivity contribution is -0.0705. The van der Waals surface area contributed by atoms with Crippen molar-refractivity contribution >= 4 is 11.0 Å². The highest BCUT2D eigenvalue weighted by Gasteiger charge is 2.24. The molecular formula is C17H21NO4. The highest BCUT2D eigenvalue weighted by Crippen LogP contribution is 2.30. The number of nitrogens with zero attached hydrogens (tertiary/aromatic N) is 1. The normalized spacial score (nSPS) is 23.0. The van der Waals surface area contributed by atoms with E-state index < -0.39 is 0 Å². The van der Waals surface area contributed by atoms with E-state index in [1.54, 1.807) is 12.1 Å². The zero-order chi connectivity index (χ0) is 15.9. The molecule has 5 heteroatoms. The third kappa shape index (κ3) is 2.87. The van der Waals surface area contributed by atoms with Crippen molar-refractivity contribution in [3.8, 4) is 5.75 Å². The lowest BCUT2D eigenvalue weighted by Crippen LogP contribution is -2.44. The molecule has 0 bridgehead atoms. The van der Waals surface area contributed by atoms with Crippen LogP contribution in [-0.2, 0) is 11.3 Å². The van der Waals surface area contributed by atoms with E-state index in [0.29, 0.717) is 17.7 Å². The van der Waals surface area contributed by atoms with Gasteiger partial charge in [0.05, 0.1) is 17.8 Å². The maximum Gasteiger partial charge on any atom is 0.336 e. The summed E-state index contributed by atoms with van der Waals surface area (Å²) < 4.78 is 11.1. The number of morpholine rings is 1. The Hall–Kier alpha value is -1.85. The number of benzene rings is 1. The van der Waals surface area contributed by atoms with Crippen LogP contribution >= 0.6 is 0 Å². The van der Waals surface area contributed by atoms with Crippen LogP contribution in [0.2, 0.25) is 0 Å². The number of aryl methyl sites for hydroxylation is 1. The van der Waals surface area contributed by atoms with Gasteiger partial charge in [-0.25, -0.2) is 4.79 Å². The molecular weight excluding hydrogens is 282 g/mol. The van der Waals surface area contributed by atoms with Gasteiger partial charge < -0.3 is 14.3 Å². The molecule has 1 aromatic carbocycles. The van der Waals surface area contributed by atoms with E-state index in [9.17, 15) is 9.90 Å². The van der Waals surface area contributed by atoms with E-state index in [-0.39, 0.29) is 23.6 Å². The van der Waals surface area contributed by atoms with Gasteiger partial charge in [-0.05, 0) is 38.5 Å². The van der Waals surface area contributed by atoms with Crippen LogP contribution in [0.1, 0.15) is 25.0 Å². The minimum Gasteiger partial charge on any atom is -0.507 e. The molecule has 3 rings (SSSR count). The number of aromatic hydroxyl groups is 1. The smallest absolute Gasteiger partial charge is 0.336 e. The SMILES string of the molecule is Cc1cc(=O)oc2c(CN3C[C@H](C)O[C@@H](C)C3)c(O)ccc12. The van der Waals surface area contributed by atoms with Crippen LogP contribution in [0.5, 0.6) is 5.75 Å². The maximum atomic E-state index is 11.7. The molecule has 0 amide bonds. The summed E-state index contributed by atoms with van der Waals surface area (Å²) in [4.78, 5) is 13.9. The number of hydrogen-bond acceptors (Lipinski definition) is 5. The lowest BCUT2D eigenvalue weighted by atomic mass is 10.1. The second-order valence-corrected chi connectivity index (χ2v) is 6.14. The van der Waals surface area contributed by atoms with Crippen molar-refractivity contribution in [2.75, 3.05) is 13.1 Å². The van der Waals surface area contributed by atoms with Gasteiger partial charge in [0.25, 0.3) is 0 Å². The summed E-state index contributed by atoms with van der Waals surface area (Å²) in [5, 5.41) is 11.1. The molecule has 1 aliphatic rings. The van der Waals surface area contributed by atoms with Crippen molar-refractivity contribution in [2.24, 2.45) is 0 Å². The van der Waals surface area contributed by atoms with Gasteiger partial charge in [0.1, 0.15) is 11.3 Å². The van der Waals surface area contributed by atoms with Crippen LogP contribution in [0.15, 0.2) is 27.4 Å². The summed E-state index contributed by atoms with van der Waals surface area (Å²) >= 11 is 0. The van der Waals surface area contributed by atoms with Crippen molar-refractivity contribution < 1.29 is 14.3 Å². The average molecular weight is 303 g/mol. The van der Waals surface area contributed by atoms with Crippen molar-refractivity contribution in [1.82, 2.24) is 4.90 Å². The second-order valence-electron chi connectivity index (χ2n) is 6.14. The van der Waals surface area contributed by atoms with Gasteiger partial charge in [0.2, 0.25) is 0 Å². The summed E-state index contributed by atoms with van der Waals surface area (Å²) in [6.45, 7) is 8.06. The van der Waals surface area contributed by atoms with E-state index in [4.69, 9.17) is 9.15 Å². The Kier molecular flexibility index (Phi) is 3.93. The molecule has 1 N–H and O–H groups in total. The van der Waals surface area contributed by atoms with Crippen molar-refractivity contribution in [3.63, 3.8) is 0 Å². The highest BCUT2D eigenvalue weighted by molar-refractivity contribution is 5.84. The molecule has 1 saturated heterocycles. The van der Waals surface area contributed by atoms with Gasteiger partial charge in [-0.1, -0.05) is 0 Å². The van der Waals surface area contributed by atoms with Crippen LogP contribution in [-0.4, -0.2) is 35.3 Å². The molecule has 0 radical (unpaired) electrons. The Labute approximate surface area is 129 Å². The average Bonchev–Trinajstić information content (AvgIpc) is 2.41. The van der Waals surface area contributed by atoms with Crippen LogP contribution in [0.25, 0.3) is 11.0 Å². The topological polar surface area (TPSA) is 62.9 Å². The van der Waals surface area contributed by atoms with Crippen LogP contribution < -0.4 is 5.63 Å². The predicted octanol–water partition coefficient (Wildman–Crippen LogP) is 2.42. The fraction of sp³-hybridized carbons (Fsp3) is 0.471. The highest BCUT2D eigenvalue weighted by atomic mass is 16.5. The Morgan fingerprint density at radius 2 is 1.95 bits per heavy atom. The molecule has 5 nitrogen and oxygen atoms in total. The standard InChI is InChI=1S/C17H21NO4/c1-10-6-16(20)22-17-13(10)4-5-15(19)14(17)9-18-7-11(2)21-12(3)8-18/h4-6,11-12,19H,7-9H2,1-3H3/t11-,12-/m0/s1. The molecule has 118 valence electrons. The summed E-state index contributed by atoms with van der Waals surface area (Å²) in [7, 11) is 0. The number of ether oxygens (including phenoxy) is 1. The van der Waals surface area contributed by atoms with Gasteiger partial charge in [0.15, 0.2) is 0 Å². The molecule has 1 aliphatic heterocycles. The van der Waals surface area contributed by atoms with Gasteiger partial charge in [0, 0.05) is 31.1 Å². The van der Waals surface area contributed by atoms with E-state index >= 15 is 0 Å². The first-order valence-electron chi connectivity index (χ1n) is 7.57. The molecule has 0 saturated carbocycles. The van der Waals surface area contributed by atoms with Crippen molar-refractivity contribution in [3.05, 3.63) is 39.7 Å². The Balaban J connectivity index is 2.02. The first kappa shape index (κ1) is 15.1. The number of phenols is 1. The summed E-state index contributed by atoms with van der Waals surface area (Å²) in [6, 6.07) is 4.93. The van der Waals surface area contributed by atoms with Crippen LogP contribution in [0.4, 0.5) is 0 Å². The van der Waals surface area contributed by atoms with Gasteiger partial charge in [-0.3, -0.25) is 4.90 Å². The van der Waals surface area contributed by atoms with Gasteiger partial charge >= 0.3 is 5.63 Å². The van der Waals surface area contributed by atoms with Gasteiger partial charge in [-0.2, -0.15) is 0 Å². The molecule has 0 aliphatic carbocycles. The van der Waals surface area contributed by atoms with E-state index in [0.717, 1.165) is 24.0 Å². The number of rotatable bonds is 2. The van der Waals surface area contributed by atoms with Gasteiger partial charge in [-0.15, -0.1) is 0 Å². The maximum absolute atomic E-state index is 11.7. The fourth-order valence-electron chi connectivity index (χ4n) is 3.22. The second kappa shape index (κ2) is 5.74. The molecule has 1 aromatic heterocycles. The minimum atomic E-state index is -0.388. The largest absolute Gasteiger partial charge is 0.507 e. The van der Waals surface area contributed by atoms with E-state index in [1.165, 1.54) is 6.07 Å². The molecule has 1 fully saturated rings. The molecule has 0 unspecified atom stereocenters. The summed E-state index contributed by atoms with van der Waals surface area (Å²) in [5.41, 5.74) is 1.62. The zero-order valence-corrected chi connectivity index (χ0v) is 13.1. The lowest BCUT2D eigenvalue weighted by Gasteiger charge is -2.35. The van der Waals surface area contributed by atoms with Crippen LogP contribution in [0, 0.1) is 6.92 Å². The first-order valence-corrected chi connectivity index (χ1v) is 7.57. The Bertz CT molecular complexity index is 742. The van der Waals surface area contributed by atoms with E-state index in [2.05, 4.69) is 4.90 Å². The van der Waals surface area contributed by atoms with Crippen LogP contribution in [0.3, 0.4) is 0 Å². The van der Waals surface area contributed by atoms with Crippen molar-refractivity contribution in [1.29, 1.82) is 0 Å². The number of hydrogen-bond donors (Lipinski definition) is 1. The summed E-state index contributed by atoms with van der Waals surface area (Å²) in [5.74, 6) is 0.160. The third-order valence-electron chi connectivity index (χ3n) is 4.07. The van der Waals surface area contributed by atoms with Crippen molar-refractivity contribution in [2.45, 2.75) is 39.5 Å². The fourth-order valence-corrected chi connectivity index (χ4v) is 3.22. The molecule has 2 aromatic rings. The first-order chi connectivity index (χ1) is 10.4. The zero-order valence-electron chi connectivity index (χ0n) is 13.1. The third-order valence-corrected chi connectivity index (χ3v) is 4.07. The monoisotopic (exact) mass is 303 g/mol. The molecule has 22 heavy (non-hydrogen) atoms. The Morgan fingerprint density at radius 1 is 1.27 bits per heavy atom. The summed E-state index contributed by atoms with van der Waals surface area (Å²) in [6.07, 6.45) is 0.296. The minimum absolute atomic E-state index is 0.148. The van der Waals surface area contributed by atoms with E-state index in [1.807, 2.05) is 20.8 Å². The predicted molar refractivity (Wildman–Crippen MR) is 84.2 cm³/mol. The number of fused-ring (bicyclic) bond motifs is 1.